The van der Waals surface area contributed by atoms with Gasteiger partial charge in [-0.05, 0) is 156 Å². The summed E-state index contributed by atoms with van der Waals surface area (Å²) in [6.45, 7) is 4.76. The molecule has 2 saturated heterocycles. The SMILES string of the molecule is CC1CCN(C(=O)c2ccc(-c3cn4c(-c5ccc(C#N)cc5)cnc4cn3)cc2F)CC1.N#Cc1ccc(-c2cnc3cnc(-c4ccc(C(=O)N5CCC(N)CC5)c(F)c4)cn23)cc1.N#Cc1ccc(-c2cnc3cnc(-c4ccc(OC=O)c(F)c4)cn23)cc1.N#Cc1ccc(-c2cnc3cnc(Br)cn23)cc1.O=C(O)c1ccc(B(O)O)cc1F. The zero-order chi connectivity index (χ0) is 87.2. The van der Waals surface area contributed by atoms with E-state index in [1.165, 1.54) is 30.3 Å². The van der Waals surface area contributed by atoms with Crippen LogP contribution in [0.15, 0.2) is 249 Å². The molecule has 2 fully saturated rings. The highest BCUT2D eigenvalue weighted by atomic mass is 79.9. The highest BCUT2D eigenvalue weighted by Crippen LogP contribution is 2.33. The Labute approximate surface area is 712 Å². The van der Waals surface area contributed by atoms with Crippen LogP contribution in [0.2, 0.25) is 0 Å². The molecule has 8 aromatic heterocycles. The summed E-state index contributed by atoms with van der Waals surface area (Å²) in [5, 5.41) is 61.4. The van der Waals surface area contributed by atoms with Crippen molar-refractivity contribution >= 4 is 75.4 Å². The number of ether oxygens (including phenoxy) is 1. The van der Waals surface area contributed by atoms with Crippen molar-refractivity contribution in [3.05, 3.63) is 311 Å². The number of imidazole rings is 4. The van der Waals surface area contributed by atoms with Gasteiger partial charge in [-0.15, -0.1) is 0 Å². The zero-order valence-electron chi connectivity index (χ0n) is 65.5. The van der Waals surface area contributed by atoms with Crippen molar-refractivity contribution in [2.45, 2.75) is 38.6 Å². The molecule has 0 saturated carbocycles. The Morgan fingerprint density at radius 3 is 1.09 bits per heavy atom. The van der Waals surface area contributed by atoms with Crippen molar-refractivity contribution in [3.63, 3.8) is 0 Å². The first-order valence-electron chi connectivity index (χ1n) is 38.3. The predicted octanol–water partition coefficient (Wildman–Crippen LogP) is 14.4. The lowest BCUT2D eigenvalue weighted by Crippen LogP contribution is -2.43. The summed E-state index contributed by atoms with van der Waals surface area (Å²) in [7, 11) is -1.79. The number of amides is 2. The minimum atomic E-state index is -1.79. The van der Waals surface area contributed by atoms with Gasteiger partial charge in [0.2, 0.25) is 0 Å². The van der Waals surface area contributed by atoms with Gasteiger partial charge in [0.1, 0.15) is 22.1 Å². The summed E-state index contributed by atoms with van der Waals surface area (Å²) >= 11 is 3.34. The molecule has 27 nitrogen and oxygen atoms in total. The maximum atomic E-state index is 15.0. The molecule has 2 amide bonds. The molecule has 33 heteroatoms. The molecule has 0 spiro atoms. The van der Waals surface area contributed by atoms with E-state index in [2.05, 4.69) is 91.7 Å². The molecule has 0 bridgehead atoms. The van der Waals surface area contributed by atoms with Crippen molar-refractivity contribution in [1.82, 2.24) is 67.3 Å². The van der Waals surface area contributed by atoms with Crippen molar-refractivity contribution in [2.75, 3.05) is 26.2 Å². The van der Waals surface area contributed by atoms with Crippen LogP contribution in [0.5, 0.6) is 5.75 Å². The maximum Gasteiger partial charge on any atom is 0.488 e. The van der Waals surface area contributed by atoms with Crippen molar-refractivity contribution in [3.8, 4) is 109 Å². The molecule has 124 heavy (non-hydrogen) atoms. The minimum absolute atomic E-state index is 0.0520. The summed E-state index contributed by atoms with van der Waals surface area (Å²) in [5.74, 6) is -4.27. The van der Waals surface area contributed by atoms with Crippen LogP contribution >= 0.6 is 15.9 Å². The number of hydrogen-bond donors (Lipinski definition) is 4. The summed E-state index contributed by atoms with van der Waals surface area (Å²) in [6, 6.07) is 53.9. The molecule has 2 aliphatic heterocycles. The number of carbonyl (C=O) groups excluding carboxylic acids is 3. The lowest BCUT2D eigenvalue weighted by molar-refractivity contribution is -0.120. The van der Waals surface area contributed by atoms with Crippen molar-refractivity contribution < 1.29 is 56.6 Å². The van der Waals surface area contributed by atoms with E-state index in [-0.39, 0.29) is 46.7 Å². The summed E-state index contributed by atoms with van der Waals surface area (Å²) in [5.41, 5.74) is 21.1. The van der Waals surface area contributed by atoms with Gasteiger partial charge in [-0.25, -0.2) is 47.3 Å². The van der Waals surface area contributed by atoms with Gasteiger partial charge in [-0.2, -0.15) is 21.0 Å². The molecule has 0 aliphatic carbocycles. The number of benzene rings is 8. The van der Waals surface area contributed by atoms with Gasteiger partial charge in [-0.1, -0.05) is 73.7 Å². The lowest BCUT2D eigenvalue weighted by atomic mass is 9.80. The molecule has 0 atom stereocenters. The number of fused-ring (bicyclic) bond motifs is 4. The largest absolute Gasteiger partial charge is 0.488 e. The average Bonchev–Trinajstić information content (AvgIpc) is 1.69. The summed E-state index contributed by atoms with van der Waals surface area (Å²) < 4.78 is 69.7. The van der Waals surface area contributed by atoms with Crippen LogP contribution in [0.25, 0.3) is 101 Å². The maximum absolute atomic E-state index is 15.0. The van der Waals surface area contributed by atoms with Crippen LogP contribution in [-0.4, -0.2) is 146 Å². The van der Waals surface area contributed by atoms with Crippen LogP contribution in [0.3, 0.4) is 0 Å². The highest BCUT2D eigenvalue weighted by Gasteiger charge is 2.27. The van der Waals surface area contributed by atoms with E-state index in [0.29, 0.717) is 105 Å². The second-order valence-electron chi connectivity index (χ2n) is 28.5. The van der Waals surface area contributed by atoms with Crippen LogP contribution in [0.1, 0.15) is 85.9 Å². The second-order valence-corrected chi connectivity index (χ2v) is 29.4. The number of nitrogens with zero attached hydrogens (tertiary/aromatic N) is 18. The fourth-order valence-corrected chi connectivity index (χ4v) is 14.0. The lowest BCUT2D eigenvalue weighted by Gasteiger charge is -2.30. The molecule has 18 rings (SSSR count). The zero-order valence-corrected chi connectivity index (χ0v) is 67.0. The molecule has 612 valence electrons. The van der Waals surface area contributed by atoms with E-state index in [9.17, 15) is 36.7 Å². The van der Waals surface area contributed by atoms with E-state index in [1.807, 2.05) is 72.3 Å². The first-order valence-corrected chi connectivity index (χ1v) is 39.1. The third-order valence-corrected chi connectivity index (χ3v) is 21.0. The molecule has 16 aromatic rings. The first-order chi connectivity index (χ1) is 60.0. The van der Waals surface area contributed by atoms with Gasteiger partial charge < -0.3 is 35.4 Å². The predicted molar refractivity (Wildman–Crippen MR) is 454 cm³/mol. The molecule has 0 unspecified atom stereocenters. The Morgan fingerprint density at radius 1 is 0.435 bits per heavy atom. The normalized spacial score (nSPS) is 12.5. The van der Waals surface area contributed by atoms with Crippen LogP contribution in [0.4, 0.5) is 17.6 Å². The Bertz CT molecular complexity index is 6680. The first kappa shape index (κ1) is 84.7. The fourth-order valence-electron chi connectivity index (χ4n) is 13.7. The third kappa shape index (κ3) is 19.2. The topological polar surface area (TPSA) is 387 Å². The quantitative estimate of drug-likeness (QED) is 0.0473. The smallest absolute Gasteiger partial charge is 0.478 e. The number of nitriles is 4. The van der Waals surface area contributed by atoms with E-state index in [4.69, 9.17) is 41.9 Å². The van der Waals surface area contributed by atoms with E-state index < -0.39 is 41.9 Å². The number of aromatic carboxylic acids is 1. The standard InChI is InChI=1S/C26H22FN5O.C25H21FN6O.C20H11FN4O2.C13H7BrN4.C7H6BFO4/c1-17-8-10-31(11-9-17)26(33)21-7-6-20(12-22(21)27)23-16-32-24(14-30-25(32)15-29-23)19-4-2-18(13-28)3-5-19;26-21-11-18(5-6-20(21)25(33)31-9-7-19(28)8-10-31)22-15-32-23(13-30-24(32)14-29-22)17-3-1-16(12-27)2-4-17;21-16-7-15(5-6-19(16)27-12-26)17-11-25-18(9-24-20(25)10-23-17)14-3-1-13(8-22)2-4-14;14-12-8-18-11(6-17-13(18)7-16-12)10-3-1-9(5-15)2-4-10;9-6-3-4(8(12)13)1-2-5(6)7(10)11/h2-7,12,14-17H,8-11H2,1H3;1-6,11,13-15,19H,7-10,28H2;1-7,9-12H;1-4,6-8H;1-3,12-13H,(H,10,11). The van der Waals surface area contributed by atoms with Crippen molar-refractivity contribution in [1.29, 1.82) is 21.0 Å². The number of aromatic nitrogens is 12. The third-order valence-electron chi connectivity index (χ3n) is 20.6. The van der Waals surface area contributed by atoms with Crippen LogP contribution < -0.4 is 15.9 Å². The number of likely N-dealkylation sites (tertiary alicyclic amines) is 2. The number of piperidine rings is 2. The van der Waals surface area contributed by atoms with Gasteiger partial charge in [0, 0.05) is 96.0 Å². The molecule has 2 aliphatic rings. The molecular weight excluding hydrogens is 1650 g/mol. The highest BCUT2D eigenvalue weighted by molar-refractivity contribution is 9.10. The Kier molecular flexibility index (Phi) is 26.0. The Morgan fingerprint density at radius 2 is 0.758 bits per heavy atom. The van der Waals surface area contributed by atoms with E-state index >= 15 is 0 Å². The number of carboxylic acids is 1. The van der Waals surface area contributed by atoms with Crippen LogP contribution in [-0.2, 0) is 4.79 Å². The monoisotopic (exact) mass is 1720 g/mol. The average molecular weight is 1720 g/mol. The number of nitrogens with two attached hydrogens (primary N) is 1. The molecule has 0 radical (unpaired) electrons. The summed E-state index contributed by atoms with van der Waals surface area (Å²) in [4.78, 5) is 84.4. The van der Waals surface area contributed by atoms with E-state index in [1.54, 1.807) is 151 Å². The number of halogens is 5. The number of rotatable bonds is 13. The molecular formula is C91H67BBrF4N19O8. The molecule has 10 heterocycles. The Hall–Kier alpha value is -15.8. The van der Waals surface area contributed by atoms with E-state index in [0.717, 1.165) is 99.2 Å². The van der Waals surface area contributed by atoms with Gasteiger partial charge in [0.05, 0.1) is 153 Å². The van der Waals surface area contributed by atoms with Crippen molar-refractivity contribution in [2.24, 2.45) is 11.7 Å². The number of carboxylic acid groups (broad SMARTS) is 1. The second kappa shape index (κ2) is 38.1. The van der Waals surface area contributed by atoms with Crippen LogP contribution in [0, 0.1) is 74.5 Å². The number of hydrogen-bond acceptors (Lipinski definition) is 20. The summed E-state index contributed by atoms with van der Waals surface area (Å²) in [6.07, 6.45) is 24.1. The number of carbonyl (C=O) groups is 4. The molecule has 5 N–H and O–H groups in total. The molecule has 8 aromatic carbocycles. The van der Waals surface area contributed by atoms with Gasteiger partial charge in [-0.3, -0.25) is 46.9 Å². The minimum Gasteiger partial charge on any atom is -0.478 e. The fraction of sp³-hybridized carbons (Fsp3) is 0.121. The Balaban J connectivity index is 0.000000130. The van der Waals surface area contributed by atoms with Gasteiger partial charge >= 0.3 is 13.1 Å². The van der Waals surface area contributed by atoms with Gasteiger partial charge in [0.15, 0.2) is 34.2 Å². The van der Waals surface area contributed by atoms with Gasteiger partial charge in [0.25, 0.3) is 18.3 Å².